The van der Waals surface area contributed by atoms with Gasteiger partial charge in [0.25, 0.3) is 15.9 Å². The summed E-state index contributed by atoms with van der Waals surface area (Å²) in [6.07, 6.45) is 5.45. The zero-order chi connectivity index (χ0) is 22.7. The van der Waals surface area contributed by atoms with E-state index in [-0.39, 0.29) is 22.7 Å². The van der Waals surface area contributed by atoms with Crippen LogP contribution < -0.4 is 9.52 Å². The summed E-state index contributed by atoms with van der Waals surface area (Å²) >= 11 is 1.14. The predicted octanol–water partition coefficient (Wildman–Crippen LogP) is 4.02. The molecule has 1 amide bonds. The summed E-state index contributed by atoms with van der Waals surface area (Å²) in [5.74, 6) is 1.53. The standard InChI is InChI=1S/C23H16FN3O3S2/c1-2-13-27-20-12-11-17(24)15-21(20)31-23(27)25-22(28)16-7-6-8-18(14-16)26-32(29,30)19-9-4-3-5-10-19/h1,3-12,14-15,26H,13H2. The molecule has 160 valence electrons. The Hall–Kier alpha value is -3.74. The minimum absolute atomic E-state index is 0.106. The summed E-state index contributed by atoms with van der Waals surface area (Å²) in [4.78, 5) is 17.4. The molecule has 0 radical (unpaired) electrons. The smallest absolute Gasteiger partial charge is 0.279 e. The Balaban J connectivity index is 1.69. The van der Waals surface area contributed by atoms with Crippen molar-refractivity contribution in [1.29, 1.82) is 0 Å². The van der Waals surface area contributed by atoms with Crippen LogP contribution in [0.1, 0.15) is 10.4 Å². The van der Waals surface area contributed by atoms with Gasteiger partial charge in [-0.3, -0.25) is 9.52 Å². The minimum Gasteiger partial charge on any atom is -0.305 e. The summed E-state index contributed by atoms with van der Waals surface area (Å²) in [6, 6.07) is 18.2. The topological polar surface area (TPSA) is 80.5 Å². The molecule has 6 nitrogen and oxygen atoms in total. The number of hydrogen-bond acceptors (Lipinski definition) is 4. The fourth-order valence-electron chi connectivity index (χ4n) is 3.06. The van der Waals surface area contributed by atoms with Gasteiger partial charge in [-0.05, 0) is 48.5 Å². The van der Waals surface area contributed by atoms with Crippen molar-refractivity contribution in [2.75, 3.05) is 4.72 Å². The van der Waals surface area contributed by atoms with Gasteiger partial charge in [-0.25, -0.2) is 12.8 Å². The van der Waals surface area contributed by atoms with Gasteiger partial charge in [0, 0.05) is 11.3 Å². The third-order valence-corrected chi connectivity index (χ3v) is 6.94. The minimum atomic E-state index is -3.80. The number of amides is 1. The molecular weight excluding hydrogens is 449 g/mol. The van der Waals surface area contributed by atoms with Gasteiger partial charge >= 0.3 is 0 Å². The lowest BCUT2D eigenvalue weighted by atomic mass is 10.2. The Kier molecular flexibility index (Phi) is 5.90. The number of nitrogens with zero attached hydrogens (tertiary/aromatic N) is 2. The molecular formula is C23H16FN3O3S2. The lowest BCUT2D eigenvalue weighted by Crippen LogP contribution is -2.17. The highest BCUT2D eigenvalue weighted by atomic mass is 32.2. The van der Waals surface area contributed by atoms with E-state index in [4.69, 9.17) is 6.42 Å². The monoisotopic (exact) mass is 465 g/mol. The van der Waals surface area contributed by atoms with Crippen molar-refractivity contribution in [2.24, 2.45) is 4.99 Å². The number of hydrogen-bond donors (Lipinski definition) is 1. The third kappa shape index (κ3) is 4.46. The van der Waals surface area contributed by atoms with Gasteiger partial charge in [-0.15, -0.1) is 6.42 Å². The maximum atomic E-state index is 13.6. The molecule has 0 atom stereocenters. The number of thiazole rings is 1. The third-order valence-electron chi connectivity index (χ3n) is 4.51. The molecule has 0 saturated heterocycles. The molecule has 1 heterocycles. The van der Waals surface area contributed by atoms with E-state index >= 15 is 0 Å². The molecule has 32 heavy (non-hydrogen) atoms. The van der Waals surface area contributed by atoms with Gasteiger partial charge in [0.2, 0.25) is 0 Å². The number of fused-ring (bicyclic) bond motifs is 1. The second-order valence-corrected chi connectivity index (χ2v) is 9.39. The number of anilines is 1. The largest absolute Gasteiger partial charge is 0.305 e. The number of rotatable bonds is 5. The highest BCUT2D eigenvalue weighted by Gasteiger charge is 2.15. The Morgan fingerprint density at radius 2 is 1.88 bits per heavy atom. The molecule has 0 saturated carbocycles. The summed E-state index contributed by atoms with van der Waals surface area (Å²) in [5.41, 5.74) is 1.09. The van der Waals surface area contributed by atoms with Crippen LogP contribution in [0.4, 0.5) is 10.1 Å². The summed E-state index contributed by atoms with van der Waals surface area (Å²) in [6.45, 7) is 0.161. The van der Waals surface area contributed by atoms with Crippen LogP contribution in [0.25, 0.3) is 10.2 Å². The quantitative estimate of drug-likeness (QED) is 0.452. The van der Waals surface area contributed by atoms with Crippen molar-refractivity contribution < 1.29 is 17.6 Å². The van der Waals surface area contributed by atoms with E-state index in [1.54, 1.807) is 34.9 Å². The summed E-state index contributed by atoms with van der Waals surface area (Å²) in [5, 5.41) is 0. The van der Waals surface area contributed by atoms with Crippen LogP contribution in [0, 0.1) is 18.2 Å². The summed E-state index contributed by atoms with van der Waals surface area (Å²) in [7, 11) is -3.80. The fraction of sp³-hybridized carbons (Fsp3) is 0.0435. The molecule has 0 unspecified atom stereocenters. The van der Waals surface area contributed by atoms with Crippen LogP contribution in [-0.4, -0.2) is 18.9 Å². The first-order valence-corrected chi connectivity index (χ1v) is 11.7. The molecule has 0 aliphatic rings. The molecule has 1 N–H and O–H groups in total. The van der Waals surface area contributed by atoms with Gasteiger partial charge in [0.15, 0.2) is 4.80 Å². The van der Waals surface area contributed by atoms with Gasteiger partial charge in [-0.2, -0.15) is 4.99 Å². The van der Waals surface area contributed by atoms with Crippen LogP contribution in [0.2, 0.25) is 0 Å². The van der Waals surface area contributed by atoms with E-state index in [0.717, 1.165) is 11.3 Å². The number of halogens is 1. The second kappa shape index (κ2) is 8.78. The molecule has 0 aliphatic carbocycles. The average Bonchev–Trinajstić information content (AvgIpc) is 3.10. The van der Waals surface area contributed by atoms with Crippen molar-refractivity contribution in [1.82, 2.24) is 4.57 Å². The van der Waals surface area contributed by atoms with E-state index < -0.39 is 21.7 Å². The lowest BCUT2D eigenvalue weighted by molar-refractivity contribution is 0.0998. The van der Waals surface area contributed by atoms with Crippen molar-refractivity contribution in [3.05, 3.63) is 89.0 Å². The van der Waals surface area contributed by atoms with Crippen molar-refractivity contribution in [3.8, 4) is 12.3 Å². The first-order valence-electron chi connectivity index (χ1n) is 9.37. The van der Waals surface area contributed by atoms with Crippen LogP contribution in [0.5, 0.6) is 0 Å². The molecule has 4 rings (SSSR count). The number of carbonyl (C=O) groups excluding carboxylic acids is 1. The van der Waals surface area contributed by atoms with E-state index in [1.165, 1.54) is 42.5 Å². The molecule has 1 aromatic heterocycles. The molecule has 0 spiro atoms. The molecule has 0 bridgehead atoms. The molecule has 3 aromatic carbocycles. The van der Waals surface area contributed by atoms with Gasteiger partial charge in [-0.1, -0.05) is 41.5 Å². The average molecular weight is 466 g/mol. The number of aromatic nitrogens is 1. The number of nitrogens with one attached hydrogen (secondary N) is 1. The van der Waals surface area contributed by atoms with Crippen LogP contribution >= 0.6 is 11.3 Å². The van der Waals surface area contributed by atoms with E-state index in [9.17, 15) is 17.6 Å². The van der Waals surface area contributed by atoms with Crippen LogP contribution in [0.15, 0.2) is 82.7 Å². The molecule has 9 heteroatoms. The Morgan fingerprint density at radius 3 is 2.62 bits per heavy atom. The van der Waals surface area contributed by atoms with E-state index in [2.05, 4.69) is 15.6 Å². The number of sulfonamides is 1. The Bertz CT molecular complexity index is 1530. The maximum absolute atomic E-state index is 13.6. The van der Waals surface area contributed by atoms with Crippen LogP contribution in [0.3, 0.4) is 0 Å². The second-order valence-electron chi connectivity index (χ2n) is 6.70. The SMILES string of the molecule is C#CCn1c(=NC(=O)c2cccc(NS(=O)(=O)c3ccccc3)c2)sc2cc(F)ccc21. The number of terminal acetylenes is 1. The number of carbonyl (C=O) groups is 1. The van der Waals surface area contributed by atoms with Crippen molar-refractivity contribution in [2.45, 2.75) is 11.4 Å². The maximum Gasteiger partial charge on any atom is 0.279 e. The predicted molar refractivity (Wildman–Crippen MR) is 122 cm³/mol. The lowest BCUT2D eigenvalue weighted by Gasteiger charge is -2.08. The van der Waals surface area contributed by atoms with E-state index in [1.807, 2.05) is 0 Å². The molecule has 4 aromatic rings. The highest BCUT2D eigenvalue weighted by Crippen LogP contribution is 2.20. The highest BCUT2D eigenvalue weighted by molar-refractivity contribution is 7.92. The molecule has 0 fully saturated rings. The van der Waals surface area contributed by atoms with Crippen molar-refractivity contribution >= 4 is 43.2 Å². The van der Waals surface area contributed by atoms with Gasteiger partial charge in [0.05, 0.1) is 21.7 Å². The first kappa shape index (κ1) is 21.5. The normalized spacial score (nSPS) is 11.9. The zero-order valence-corrected chi connectivity index (χ0v) is 18.2. The van der Waals surface area contributed by atoms with E-state index in [0.29, 0.717) is 15.0 Å². The number of benzene rings is 3. The van der Waals surface area contributed by atoms with Crippen molar-refractivity contribution in [3.63, 3.8) is 0 Å². The Morgan fingerprint density at radius 1 is 1.09 bits per heavy atom. The van der Waals surface area contributed by atoms with Crippen LogP contribution in [-0.2, 0) is 16.6 Å². The summed E-state index contributed by atoms with van der Waals surface area (Å²) < 4.78 is 43.4. The molecule has 0 aliphatic heterocycles. The van der Waals surface area contributed by atoms with Gasteiger partial charge in [0.1, 0.15) is 5.82 Å². The fourth-order valence-corrected chi connectivity index (χ4v) is 5.18. The zero-order valence-electron chi connectivity index (χ0n) is 16.5. The first-order chi connectivity index (χ1) is 15.4. The Labute approximate surface area is 187 Å². The van der Waals surface area contributed by atoms with Gasteiger partial charge < -0.3 is 4.57 Å².